The minimum Gasteiger partial charge on any atom is -0.756 e. The van der Waals surface area contributed by atoms with Crippen LogP contribution in [-0.4, -0.2) is 70.7 Å². The van der Waals surface area contributed by atoms with Crippen molar-refractivity contribution in [1.82, 2.24) is 0 Å². The molecule has 2 unspecified atom stereocenters. The lowest BCUT2D eigenvalue weighted by molar-refractivity contribution is -0.870. The molecule has 0 saturated heterocycles. The SMILES string of the molecule is CC/C=C\C/C=C\C/C=C\CCCCCC(=O)OC(COCCCCCCCCCC/C=C\C/C=C\CCCCCC)COP(=O)([O-])OCC[N+](C)(C)C. The standard InChI is InChI=1S/C45H82NO7P/c1-6-8-10-12-14-16-18-20-21-22-23-24-25-27-29-31-33-35-37-40-50-42-44(43-52-54(48,49)51-41-39-46(3,4)5)53-45(47)38-36-34-32-30-28-26-19-17-15-13-11-9-7-2/h9,11,15-18,21-22,26,28,44H,6-8,10,12-14,19-20,23-25,27,29-43H2,1-5H3/b11-9-,17-15-,18-16-,22-21-,28-26-. The lowest BCUT2D eigenvalue weighted by Crippen LogP contribution is -2.37. The van der Waals surface area contributed by atoms with E-state index in [9.17, 15) is 14.3 Å². The molecule has 0 heterocycles. The predicted octanol–water partition coefficient (Wildman–Crippen LogP) is 11.9. The second kappa shape index (κ2) is 38.1. The van der Waals surface area contributed by atoms with Crippen molar-refractivity contribution in [3.05, 3.63) is 60.8 Å². The summed E-state index contributed by atoms with van der Waals surface area (Å²) in [5, 5.41) is 0. The van der Waals surface area contributed by atoms with E-state index in [1.807, 2.05) is 21.1 Å². The van der Waals surface area contributed by atoms with Crippen molar-refractivity contribution in [1.29, 1.82) is 0 Å². The molecule has 0 radical (unpaired) electrons. The van der Waals surface area contributed by atoms with Crippen molar-refractivity contribution < 1.29 is 37.3 Å². The molecule has 0 spiro atoms. The number of carbonyl (C=O) groups is 1. The average molecular weight is 780 g/mol. The summed E-state index contributed by atoms with van der Waals surface area (Å²) in [7, 11) is 1.32. The fourth-order valence-electron chi connectivity index (χ4n) is 5.47. The Balaban J connectivity index is 4.27. The van der Waals surface area contributed by atoms with Gasteiger partial charge in [-0.3, -0.25) is 9.36 Å². The van der Waals surface area contributed by atoms with Gasteiger partial charge >= 0.3 is 5.97 Å². The highest BCUT2D eigenvalue weighted by atomic mass is 31.2. The van der Waals surface area contributed by atoms with Crippen LogP contribution >= 0.6 is 7.82 Å². The average Bonchev–Trinajstić information content (AvgIpc) is 3.12. The smallest absolute Gasteiger partial charge is 0.306 e. The van der Waals surface area contributed by atoms with Gasteiger partial charge < -0.3 is 27.9 Å². The van der Waals surface area contributed by atoms with Crippen LogP contribution in [0.25, 0.3) is 0 Å². The third-order valence-corrected chi connectivity index (χ3v) is 9.77. The number of nitrogens with zero attached hydrogens (tertiary/aromatic N) is 1. The minimum atomic E-state index is -4.53. The highest BCUT2D eigenvalue weighted by Gasteiger charge is 2.20. The first-order chi connectivity index (χ1) is 26.1. The Bertz CT molecular complexity index is 1050. The van der Waals surface area contributed by atoms with E-state index >= 15 is 0 Å². The van der Waals surface area contributed by atoms with E-state index in [0.29, 0.717) is 24.1 Å². The van der Waals surface area contributed by atoms with E-state index < -0.39 is 13.9 Å². The molecule has 0 saturated carbocycles. The zero-order valence-corrected chi connectivity index (χ0v) is 36.3. The zero-order chi connectivity index (χ0) is 39.9. The van der Waals surface area contributed by atoms with Gasteiger partial charge in [0, 0.05) is 13.0 Å². The van der Waals surface area contributed by atoms with Gasteiger partial charge in [0.2, 0.25) is 0 Å². The van der Waals surface area contributed by atoms with Crippen LogP contribution in [0.15, 0.2) is 60.8 Å². The summed E-state index contributed by atoms with van der Waals surface area (Å²) in [6, 6.07) is 0. The van der Waals surface area contributed by atoms with Crippen molar-refractivity contribution in [3.63, 3.8) is 0 Å². The molecule has 0 aliphatic carbocycles. The Morgan fingerprint density at radius 2 is 1.07 bits per heavy atom. The number of ether oxygens (including phenoxy) is 2. The van der Waals surface area contributed by atoms with E-state index in [0.717, 1.165) is 57.8 Å². The third-order valence-electron chi connectivity index (χ3n) is 8.80. The van der Waals surface area contributed by atoms with Crippen molar-refractivity contribution in [2.75, 3.05) is 54.1 Å². The Kier molecular flexibility index (Phi) is 36.8. The summed E-state index contributed by atoms with van der Waals surface area (Å²) in [5.74, 6) is -0.367. The molecule has 314 valence electrons. The fraction of sp³-hybridized carbons (Fsp3) is 0.756. The summed E-state index contributed by atoms with van der Waals surface area (Å²) < 4.78 is 34.5. The molecule has 9 heteroatoms. The van der Waals surface area contributed by atoms with Gasteiger partial charge in [0.1, 0.15) is 19.3 Å². The van der Waals surface area contributed by atoms with Crippen molar-refractivity contribution >= 4 is 13.8 Å². The van der Waals surface area contributed by atoms with Gasteiger partial charge in [0.15, 0.2) is 0 Å². The van der Waals surface area contributed by atoms with Crippen LogP contribution in [0.1, 0.15) is 162 Å². The largest absolute Gasteiger partial charge is 0.756 e. The maximum atomic E-state index is 12.6. The van der Waals surface area contributed by atoms with Gasteiger partial charge in [0.25, 0.3) is 7.82 Å². The maximum Gasteiger partial charge on any atom is 0.306 e. The molecule has 0 aromatic carbocycles. The summed E-state index contributed by atoms with van der Waals surface area (Å²) in [5.41, 5.74) is 0. The van der Waals surface area contributed by atoms with Crippen LogP contribution in [0.4, 0.5) is 0 Å². The lowest BCUT2D eigenvalue weighted by Gasteiger charge is -2.28. The molecule has 0 aromatic heterocycles. The van der Waals surface area contributed by atoms with E-state index in [4.69, 9.17) is 18.5 Å². The minimum absolute atomic E-state index is 0.0164. The summed E-state index contributed by atoms with van der Waals surface area (Å²) in [6.45, 7) is 5.21. The van der Waals surface area contributed by atoms with Crippen LogP contribution in [0.3, 0.4) is 0 Å². The van der Waals surface area contributed by atoms with Crippen molar-refractivity contribution in [3.8, 4) is 0 Å². The molecule has 54 heavy (non-hydrogen) atoms. The Hall–Kier alpha value is -1.80. The summed E-state index contributed by atoms with van der Waals surface area (Å²) in [4.78, 5) is 25.0. The first-order valence-electron chi connectivity index (χ1n) is 21.5. The van der Waals surface area contributed by atoms with Crippen LogP contribution < -0.4 is 4.89 Å². The number of carbonyl (C=O) groups excluding carboxylic acids is 1. The van der Waals surface area contributed by atoms with Gasteiger partial charge in [-0.25, -0.2) is 0 Å². The lowest BCUT2D eigenvalue weighted by atomic mass is 10.1. The molecule has 0 aliphatic heterocycles. The number of unbranched alkanes of at least 4 members (excludes halogenated alkanes) is 15. The summed E-state index contributed by atoms with van der Waals surface area (Å²) in [6.07, 6.45) is 46.6. The zero-order valence-electron chi connectivity index (χ0n) is 35.4. The third kappa shape index (κ3) is 41.4. The highest BCUT2D eigenvalue weighted by molar-refractivity contribution is 7.45. The van der Waals surface area contributed by atoms with E-state index in [-0.39, 0.29) is 32.2 Å². The molecular weight excluding hydrogens is 697 g/mol. The monoisotopic (exact) mass is 780 g/mol. The Morgan fingerprint density at radius 1 is 0.593 bits per heavy atom. The van der Waals surface area contributed by atoms with Crippen molar-refractivity contribution in [2.45, 2.75) is 168 Å². The number of esters is 1. The van der Waals surface area contributed by atoms with Gasteiger partial charge in [-0.15, -0.1) is 0 Å². The van der Waals surface area contributed by atoms with Gasteiger partial charge in [-0.1, -0.05) is 139 Å². The fourth-order valence-corrected chi connectivity index (χ4v) is 6.20. The second-order valence-electron chi connectivity index (χ2n) is 15.3. The van der Waals surface area contributed by atoms with Gasteiger partial charge in [0.05, 0.1) is 34.4 Å². The Morgan fingerprint density at radius 3 is 1.61 bits per heavy atom. The number of quaternary nitrogens is 1. The predicted molar refractivity (Wildman–Crippen MR) is 226 cm³/mol. The van der Waals surface area contributed by atoms with Crippen LogP contribution in [0, 0.1) is 0 Å². The molecule has 0 aromatic rings. The van der Waals surface area contributed by atoms with Crippen molar-refractivity contribution in [2.24, 2.45) is 0 Å². The molecule has 0 aliphatic rings. The number of rotatable bonds is 39. The molecule has 0 fully saturated rings. The molecule has 0 bridgehead atoms. The van der Waals surface area contributed by atoms with Crippen LogP contribution in [0.5, 0.6) is 0 Å². The quantitative estimate of drug-likeness (QED) is 0.0202. The number of allylic oxidation sites excluding steroid dienone is 10. The van der Waals surface area contributed by atoms with Crippen LogP contribution in [-0.2, 0) is 27.9 Å². The number of likely N-dealkylation sites (N-methyl/N-ethyl adjacent to an activating group) is 1. The normalized spacial score (nSPS) is 14.4. The van der Waals surface area contributed by atoms with E-state index in [1.54, 1.807) is 0 Å². The first kappa shape index (κ1) is 52.2. The highest BCUT2D eigenvalue weighted by Crippen LogP contribution is 2.38. The Labute approximate surface area is 332 Å². The number of phosphoric acid groups is 1. The van der Waals surface area contributed by atoms with Gasteiger partial charge in [-0.05, 0) is 77.0 Å². The maximum absolute atomic E-state index is 12.6. The number of hydrogen-bond acceptors (Lipinski definition) is 7. The number of hydrogen-bond donors (Lipinski definition) is 0. The molecule has 8 nitrogen and oxygen atoms in total. The van der Waals surface area contributed by atoms with E-state index in [2.05, 4.69) is 74.6 Å². The molecule has 2 atom stereocenters. The topological polar surface area (TPSA) is 94.1 Å². The first-order valence-corrected chi connectivity index (χ1v) is 23.0. The molecule has 0 amide bonds. The van der Waals surface area contributed by atoms with Crippen LogP contribution in [0.2, 0.25) is 0 Å². The molecular formula is C45H82NO7P. The molecule has 0 rings (SSSR count). The summed E-state index contributed by atoms with van der Waals surface area (Å²) >= 11 is 0. The van der Waals surface area contributed by atoms with Gasteiger partial charge in [-0.2, -0.15) is 0 Å². The number of phosphoric ester groups is 1. The second-order valence-corrected chi connectivity index (χ2v) is 16.7. The molecule has 0 N–H and O–H groups in total. The van der Waals surface area contributed by atoms with E-state index in [1.165, 1.54) is 77.0 Å².